The summed E-state index contributed by atoms with van der Waals surface area (Å²) in [6.45, 7) is 2.12. The van der Waals surface area contributed by atoms with E-state index in [0.29, 0.717) is 40.4 Å². The van der Waals surface area contributed by atoms with Crippen LogP contribution in [0.4, 0.5) is 51.2 Å². The molecule has 9 heteroatoms. The molecule has 0 aromatic heterocycles. The molecule has 0 amide bonds. The van der Waals surface area contributed by atoms with Crippen LogP contribution in [0.15, 0.2) is 437 Å². The minimum atomic E-state index is -0.813. The minimum Gasteiger partial charge on any atom is -0.423 e. The second kappa shape index (κ2) is 32.7. The van der Waals surface area contributed by atoms with Crippen molar-refractivity contribution in [2.45, 2.75) is 18.8 Å². The highest BCUT2D eigenvalue weighted by Gasteiger charge is 2.35. The van der Waals surface area contributed by atoms with Gasteiger partial charge in [0.15, 0.2) is 0 Å². The average molecular weight is 1510 g/mol. The van der Waals surface area contributed by atoms with E-state index in [1.54, 1.807) is 36.4 Å². The lowest BCUT2D eigenvalue weighted by Crippen LogP contribution is -2.28. The first-order valence-electron chi connectivity index (χ1n) is 39.2. The third kappa shape index (κ3) is 15.4. The van der Waals surface area contributed by atoms with Crippen LogP contribution < -0.4 is 28.9 Å². The molecule has 18 aromatic carbocycles. The van der Waals surface area contributed by atoms with Crippen LogP contribution in [0.1, 0.15) is 61.1 Å². The number of nitrogens with zero attached hydrogens (tertiary/aromatic N) is 3. The zero-order valence-electron chi connectivity index (χ0n) is 64.1. The summed E-state index contributed by atoms with van der Waals surface area (Å²) in [5.41, 5.74) is 18.3. The van der Waals surface area contributed by atoms with Gasteiger partial charge in [0.05, 0.1) is 16.7 Å². The lowest BCUT2D eigenvalue weighted by Gasteiger charge is -2.35. The summed E-state index contributed by atoms with van der Waals surface area (Å²) in [6, 6.07) is 146. The highest BCUT2D eigenvalue weighted by atomic mass is 16.5. The van der Waals surface area contributed by atoms with Gasteiger partial charge in [-0.1, -0.05) is 262 Å². The van der Waals surface area contributed by atoms with Gasteiger partial charge in [-0.25, -0.2) is 14.4 Å². The van der Waals surface area contributed by atoms with E-state index in [1.165, 1.54) is 16.2 Å². The van der Waals surface area contributed by atoms with Crippen molar-refractivity contribution in [1.29, 1.82) is 0 Å². The van der Waals surface area contributed by atoms with Gasteiger partial charge in [-0.3, -0.25) is 0 Å². The Morgan fingerprint density at radius 3 is 0.658 bits per heavy atom. The normalized spacial score (nSPS) is 11.3. The maximum atomic E-state index is 14.0. The van der Waals surface area contributed by atoms with Crippen LogP contribution in [0, 0.1) is 0 Å². The molecule has 0 unspecified atom stereocenters. The smallest absolute Gasteiger partial charge is 0.343 e. The molecule has 0 saturated carbocycles. The van der Waals surface area contributed by atoms with E-state index in [2.05, 4.69) is 295 Å². The van der Waals surface area contributed by atoms with Crippen molar-refractivity contribution >= 4 is 101 Å². The summed E-state index contributed by atoms with van der Waals surface area (Å²) in [5, 5.41) is 7.04. The molecule has 0 atom stereocenters. The molecule has 0 aliphatic rings. The Balaban J connectivity index is 0.577. The fraction of sp³-hybridized carbons (Fsp3) is 0.0278. The maximum Gasteiger partial charge on any atom is 0.343 e. The molecule has 18 aromatic rings. The molecule has 0 saturated heterocycles. The number of benzene rings is 18. The largest absolute Gasteiger partial charge is 0.423 e. The van der Waals surface area contributed by atoms with E-state index < -0.39 is 23.3 Å². The van der Waals surface area contributed by atoms with Gasteiger partial charge in [0, 0.05) is 56.6 Å². The van der Waals surface area contributed by atoms with Crippen LogP contribution in [0.25, 0.3) is 65.7 Å². The zero-order valence-corrected chi connectivity index (χ0v) is 64.1. The Labute approximate surface area is 680 Å². The number of hydrogen-bond acceptors (Lipinski definition) is 9. The first-order valence-corrected chi connectivity index (χ1v) is 39.2. The number of fused-ring (bicyclic) bond motifs is 3. The van der Waals surface area contributed by atoms with E-state index in [1.807, 2.05) is 127 Å². The Morgan fingerprint density at radius 1 is 0.214 bits per heavy atom. The Hall–Kier alpha value is -15.5. The second-order valence-electron chi connectivity index (χ2n) is 29.0. The quantitative estimate of drug-likeness (QED) is 0.0374. The van der Waals surface area contributed by atoms with Gasteiger partial charge in [0.1, 0.15) is 17.2 Å². The molecular weight excluding hydrogens is 1440 g/mol. The molecule has 0 N–H and O–H groups in total. The lowest BCUT2D eigenvalue weighted by atomic mass is 9.67. The Morgan fingerprint density at radius 2 is 0.419 bits per heavy atom. The number of rotatable bonds is 22. The van der Waals surface area contributed by atoms with Crippen LogP contribution in [-0.4, -0.2) is 17.9 Å². The number of carbonyl (C=O) groups excluding carboxylic acids is 3. The predicted octanol–water partition coefficient (Wildman–Crippen LogP) is 28.0. The van der Waals surface area contributed by atoms with Gasteiger partial charge in [-0.2, -0.15) is 0 Å². The summed E-state index contributed by atoms with van der Waals surface area (Å²) in [7, 11) is 0. The van der Waals surface area contributed by atoms with Crippen LogP contribution in [0.2, 0.25) is 0 Å². The van der Waals surface area contributed by atoms with Crippen molar-refractivity contribution in [3.8, 4) is 50.6 Å². The summed E-state index contributed by atoms with van der Waals surface area (Å²) >= 11 is 0. The predicted molar refractivity (Wildman–Crippen MR) is 477 cm³/mol. The van der Waals surface area contributed by atoms with Crippen molar-refractivity contribution in [2.24, 2.45) is 0 Å². The second-order valence-corrected chi connectivity index (χ2v) is 29.0. The molecule has 9 nitrogen and oxygen atoms in total. The Kier molecular flexibility index (Phi) is 20.4. The number of para-hydroxylation sites is 3. The van der Waals surface area contributed by atoms with Crippen molar-refractivity contribution in [1.82, 2.24) is 0 Å². The van der Waals surface area contributed by atoms with Gasteiger partial charge >= 0.3 is 17.9 Å². The van der Waals surface area contributed by atoms with Gasteiger partial charge in [-0.15, -0.1) is 0 Å². The maximum absolute atomic E-state index is 14.0. The number of hydrogen-bond donors (Lipinski definition) is 0. The van der Waals surface area contributed by atoms with Crippen LogP contribution in [0.5, 0.6) is 17.2 Å². The van der Waals surface area contributed by atoms with Crippen molar-refractivity contribution < 1.29 is 28.6 Å². The first-order chi connectivity index (χ1) is 57.6. The van der Waals surface area contributed by atoms with Crippen LogP contribution >= 0.6 is 0 Å². The lowest BCUT2D eigenvalue weighted by molar-refractivity contribution is 0.0725. The van der Waals surface area contributed by atoms with E-state index in [9.17, 15) is 14.4 Å². The molecule has 0 bridgehead atoms. The molecular formula is C108H77N3O6. The molecule has 0 aliphatic carbocycles. The minimum absolute atomic E-state index is 0.371. The molecule has 0 radical (unpaired) electrons. The SMILES string of the molecule is CCC(c1ccc(OC(=O)c2ccc(-c3ccc(N(c4ccccc4)c4ccc5ccccc5c4)cc3)cc2)cc1)(c1ccc(OC(=O)c2ccc(-c3ccc(N(c4ccccc4)c4ccc5ccccc5c4)cc3)cc2)cc1)c1ccc(OC(=O)c2ccc(-c3ccc(N(c4ccccc4)c4ccc5ccccc5c4)cc3)cc2)cc1. The zero-order chi connectivity index (χ0) is 79.0. The standard InChI is InChI=1S/C108H77N3O6/c1-2-108(90-51-66-102(67-52-90)115-105(112)84-36-30-78(31-37-84)81-42-57-96(58-43-81)109(93-24-6-3-7-25-93)99-63-48-75-18-12-15-21-87(75)72-99,91-53-68-103(69-54-91)116-106(113)85-38-32-79(33-39-85)82-44-59-97(60-45-82)110(94-26-8-4-9-27-94)100-64-49-76-19-13-16-22-88(76)73-100)92-55-70-104(71-56-92)117-107(114)86-40-34-80(35-41-86)83-46-61-98(62-47-83)111(95-28-10-5-11-29-95)101-65-50-77-20-14-17-23-89(77)74-101/h3-74H,2H2,1H3. The topological polar surface area (TPSA) is 88.6 Å². The molecule has 560 valence electrons. The highest BCUT2D eigenvalue weighted by Crippen LogP contribution is 2.46. The van der Waals surface area contributed by atoms with Gasteiger partial charge < -0.3 is 28.9 Å². The van der Waals surface area contributed by atoms with E-state index in [-0.39, 0.29) is 0 Å². The number of anilines is 9. The molecule has 0 spiro atoms. The summed E-state index contributed by atoms with van der Waals surface area (Å²) in [4.78, 5) is 48.8. The number of ether oxygens (including phenoxy) is 3. The number of esters is 3. The fourth-order valence-electron chi connectivity index (χ4n) is 15.9. The average Bonchev–Trinajstić information content (AvgIpc) is 0.776. The van der Waals surface area contributed by atoms with E-state index in [0.717, 1.165) is 117 Å². The monoisotopic (exact) mass is 1510 g/mol. The highest BCUT2D eigenvalue weighted by molar-refractivity contribution is 5.96. The van der Waals surface area contributed by atoms with Gasteiger partial charge in [-0.05, 0) is 271 Å². The van der Waals surface area contributed by atoms with Gasteiger partial charge in [0.25, 0.3) is 0 Å². The molecule has 18 rings (SSSR count). The summed E-state index contributed by atoms with van der Waals surface area (Å²) in [5.74, 6) is -0.370. The molecule has 0 aliphatic heterocycles. The van der Waals surface area contributed by atoms with Gasteiger partial charge in [0.2, 0.25) is 0 Å². The molecule has 117 heavy (non-hydrogen) atoms. The molecule has 0 fully saturated rings. The van der Waals surface area contributed by atoms with Crippen LogP contribution in [0.3, 0.4) is 0 Å². The van der Waals surface area contributed by atoms with Crippen LogP contribution in [-0.2, 0) is 5.41 Å². The first kappa shape index (κ1) is 73.1. The van der Waals surface area contributed by atoms with E-state index in [4.69, 9.17) is 14.2 Å². The van der Waals surface area contributed by atoms with E-state index >= 15 is 0 Å². The summed E-state index contributed by atoms with van der Waals surface area (Å²) < 4.78 is 18.3. The third-order valence-corrected chi connectivity index (χ3v) is 22.0. The fourth-order valence-corrected chi connectivity index (χ4v) is 15.9. The number of carbonyl (C=O) groups is 3. The van der Waals surface area contributed by atoms with Crippen molar-refractivity contribution in [3.05, 3.63) is 470 Å². The summed E-state index contributed by atoms with van der Waals surface area (Å²) in [6.07, 6.45) is 0.574. The Bertz CT molecular complexity index is 5930. The third-order valence-electron chi connectivity index (χ3n) is 22.0. The molecule has 0 heterocycles. The van der Waals surface area contributed by atoms with Crippen molar-refractivity contribution in [3.63, 3.8) is 0 Å². The van der Waals surface area contributed by atoms with Crippen molar-refractivity contribution in [2.75, 3.05) is 14.7 Å².